The van der Waals surface area contributed by atoms with Gasteiger partial charge in [0.2, 0.25) is 0 Å². The quantitative estimate of drug-likeness (QED) is 0.680. The lowest BCUT2D eigenvalue weighted by Gasteiger charge is -2.04. The number of para-hydroxylation sites is 2. The Kier molecular flexibility index (Phi) is 2.65. The lowest BCUT2D eigenvalue weighted by molar-refractivity contribution is 0.797. The molecule has 0 bridgehead atoms. The van der Waals surface area contributed by atoms with Crippen LogP contribution in [-0.4, -0.2) is 9.55 Å². The molecular weight excluding hydrogens is 252 g/mol. The maximum absolute atomic E-state index is 5.95. The van der Waals surface area contributed by atoms with Gasteiger partial charge in [-0.3, -0.25) is 0 Å². The molecule has 2 aromatic heterocycles. The molecular formula is C13H11ClN2S. The minimum atomic E-state index is 0.835. The molecule has 0 aliphatic heterocycles. The topological polar surface area (TPSA) is 17.8 Å². The molecule has 86 valence electrons. The van der Waals surface area contributed by atoms with Crippen molar-refractivity contribution in [2.75, 3.05) is 0 Å². The Morgan fingerprint density at radius 3 is 2.82 bits per heavy atom. The summed E-state index contributed by atoms with van der Waals surface area (Å²) in [5.74, 6) is 1.04. The fraction of sp³-hybridized carbons (Fsp3) is 0.154. The van der Waals surface area contributed by atoms with E-state index in [-0.39, 0.29) is 0 Å². The smallest absolute Gasteiger partial charge is 0.107 e. The van der Waals surface area contributed by atoms with Gasteiger partial charge >= 0.3 is 0 Å². The summed E-state index contributed by atoms with van der Waals surface area (Å²) in [6.45, 7) is 2.87. The van der Waals surface area contributed by atoms with E-state index in [2.05, 4.69) is 21.7 Å². The highest BCUT2D eigenvalue weighted by molar-refractivity contribution is 7.16. The second-order valence-corrected chi connectivity index (χ2v) is 5.74. The van der Waals surface area contributed by atoms with E-state index < -0.39 is 0 Å². The van der Waals surface area contributed by atoms with Crippen LogP contribution in [0.25, 0.3) is 11.0 Å². The fourth-order valence-corrected chi connectivity index (χ4v) is 3.06. The summed E-state index contributed by atoms with van der Waals surface area (Å²) in [6.07, 6.45) is 0. The number of rotatable bonds is 2. The van der Waals surface area contributed by atoms with E-state index in [0.29, 0.717) is 0 Å². The average molecular weight is 263 g/mol. The van der Waals surface area contributed by atoms with E-state index in [0.717, 1.165) is 22.2 Å². The van der Waals surface area contributed by atoms with Crippen LogP contribution in [0.2, 0.25) is 4.34 Å². The van der Waals surface area contributed by atoms with Gasteiger partial charge in [-0.25, -0.2) is 4.98 Å². The molecule has 0 spiro atoms. The van der Waals surface area contributed by atoms with Gasteiger partial charge in [0, 0.05) is 4.88 Å². The summed E-state index contributed by atoms with van der Waals surface area (Å²) in [5.41, 5.74) is 2.22. The van der Waals surface area contributed by atoms with Gasteiger partial charge in [0.25, 0.3) is 0 Å². The van der Waals surface area contributed by atoms with Crippen LogP contribution in [0, 0.1) is 6.92 Å². The van der Waals surface area contributed by atoms with Gasteiger partial charge in [0.15, 0.2) is 0 Å². The van der Waals surface area contributed by atoms with E-state index in [9.17, 15) is 0 Å². The normalized spacial score (nSPS) is 11.2. The maximum Gasteiger partial charge on any atom is 0.107 e. The maximum atomic E-state index is 5.95. The van der Waals surface area contributed by atoms with Gasteiger partial charge in [-0.2, -0.15) is 0 Å². The molecule has 1 aromatic carbocycles. The van der Waals surface area contributed by atoms with Crippen LogP contribution >= 0.6 is 22.9 Å². The van der Waals surface area contributed by atoms with Gasteiger partial charge in [0.05, 0.1) is 21.9 Å². The first-order valence-corrected chi connectivity index (χ1v) is 6.59. The first-order chi connectivity index (χ1) is 8.24. The van der Waals surface area contributed by atoms with Gasteiger partial charge in [-0.15, -0.1) is 11.3 Å². The molecule has 0 aliphatic carbocycles. The van der Waals surface area contributed by atoms with E-state index >= 15 is 0 Å². The molecule has 3 aromatic rings. The molecule has 0 fully saturated rings. The van der Waals surface area contributed by atoms with Gasteiger partial charge in [-0.1, -0.05) is 23.7 Å². The number of nitrogens with zero attached hydrogens (tertiary/aromatic N) is 2. The van der Waals surface area contributed by atoms with Crippen molar-refractivity contribution in [3.05, 3.63) is 51.4 Å². The van der Waals surface area contributed by atoms with Gasteiger partial charge in [0.1, 0.15) is 5.82 Å². The SMILES string of the molecule is Cc1nc2ccccc2n1Cc1ccc(Cl)s1. The molecule has 2 heterocycles. The second-order valence-electron chi connectivity index (χ2n) is 3.94. The van der Waals surface area contributed by atoms with Gasteiger partial charge < -0.3 is 4.57 Å². The van der Waals surface area contributed by atoms with Crippen LogP contribution in [0.1, 0.15) is 10.7 Å². The molecule has 2 nitrogen and oxygen atoms in total. The van der Waals surface area contributed by atoms with Crippen molar-refractivity contribution in [1.82, 2.24) is 9.55 Å². The first kappa shape index (κ1) is 10.8. The molecule has 0 unspecified atom stereocenters. The van der Waals surface area contributed by atoms with E-state index in [1.807, 2.05) is 31.2 Å². The molecule has 4 heteroatoms. The number of imidazole rings is 1. The Morgan fingerprint density at radius 2 is 2.06 bits per heavy atom. The molecule has 0 radical (unpaired) electrons. The molecule has 17 heavy (non-hydrogen) atoms. The molecule has 0 amide bonds. The van der Waals surface area contributed by atoms with Crippen LogP contribution in [0.4, 0.5) is 0 Å². The minimum Gasteiger partial charge on any atom is -0.323 e. The largest absolute Gasteiger partial charge is 0.323 e. The van der Waals surface area contributed by atoms with Crippen molar-refractivity contribution >= 4 is 34.0 Å². The molecule has 0 saturated heterocycles. The summed E-state index contributed by atoms with van der Waals surface area (Å²) < 4.78 is 3.05. The number of fused-ring (bicyclic) bond motifs is 1. The fourth-order valence-electron chi connectivity index (χ4n) is 1.99. The summed E-state index contributed by atoms with van der Waals surface area (Å²) in [5, 5.41) is 0. The Morgan fingerprint density at radius 1 is 1.24 bits per heavy atom. The van der Waals surface area contributed by atoms with Gasteiger partial charge in [-0.05, 0) is 31.2 Å². The van der Waals surface area contributed by atoms with Crippen LogP contribution in [0.3, 0.4) is 0 Å². The predicted octanol–water partition coefficient (Wildman–Crippen LogP) is 4.11. The number of hydrogen-bond acceptors (Lipinski definition) is 2. The summed E-state index contributed by atoms with van der Waals surface area (Å²) >= 11 is 7.57. The van der Waals surface area contributed by atoms with Crippen molar-refractivity contribution in [3.8, 4) is 0 Å². The zero-order chi connectivity index (χ0) is 11.8. The molecule has 0 saturated carbocycles. The molecule has 0 aliphatic rings. The lowest BCUT2D eigenvalue weighted by atomic mass is 10.3. The summed E-state index contributed by atoms with van der Waals surface area (Å²) in [6, 6.07) is 12.2. The summed E-state index contributed by atoms with van der Waals surface area (Å²) in [4.78, 5) is 5.80. The lowest BCUT2D eigenvalue weighted by Crippen LogP contribution is -1.99. The van der Waals surface area contributed by atoms with E-state index in [1.54, 1.807) is 11.3 Å². The van der Waals surface area contributed by atoms with Crippen molar-refractivity contribution < 1.29 is 0 Å². The van der Waals surface area contributed by atoms with Crippen molar-refractivity contribution in [2.45, 2.75) is 13.5 Å². The third-order valence-electron chi connectivity index (χ3n) is 2.79. The number of halogens is 1. The Bertz CT molecular complexity index is 669. The number of aromatic nitrogens is 2. The van der Waals surface area contributed by atoms with Crippen LogP contribution in [0.15, 0.2) is 36.4 Å². The van der Waals surface area contributed by atoms with E-state index in [1.165, 1.54) is 10.4 Å². The highest BCUT2D eigenvalue weighted by Crippen LogP contribution is 2.24. The molecule has 3 rings (SSSR count). The number of hydrogen-bond donors (Lipinski definition) is 0. The van der Waals surface area contributed by atoms with Crippen molar-refractivity contribution in [3.63, 3.8) is 0 Å². The summed E-state index contributed by atoms with van der Waals surface area (Å²) in [7, 11) is 0. The first-order valence-electron chi connectivity index (χ1n) is 5.40. The minimum absolute atomic E-state index is 0.835. The highest BCUT2D eigenvalue weighted by atomic mass is 35.5. The van der Waals surface area contributed by atoms with E-state index in [4.69, 9.17) is 11.6 Å². The second kappa shape index (κ2) is 4.17. The average Bonchev–Trinajstić information content (AvgIpc) is 2.85. The Hall–Kier alpha value is -1.32. The van der Waals surface area contributed by atoms with Crippen LogP contribution in [0.5, 0.6) is 0 Å². The third kappa shape index (κ3) is 1.96. The zero-order valence-corrected chi connectivity index (χ0v) is 10.9. The third-order valence-corrected chi connectivity index (χ3v) is 4.00. The monoisotopic (exact) mass is 262 g/mol. The zero-order valence-electron chi connectivity index (χ0n) is 9.35. The molecule has 0 N–H and O–H groups in total. The molecule has 0 atom stereocenters. The number of aryl methyl sites for hydroxylation is 1. The predicted molar refractivity (Wildman–Crippen MR) is 72.9 cm³/mol. The number of thiophene rings is 1. The van der Waals surface area contributed by atoms with Crippen LogP contribution in [-0.2, 0) is 6.54 Å². The van der Waals surface area contributed by atoms with Crippen molar-refractivity contribution in [1.29, 1.82) is 0 Å². The Balaban J connectivity index is 2.08. The highest BCUT2D eigenvalue weighted by Gasteiger charge is 2.08. The Labute approximate surface area is 108 Å². The number of benzene rings is 1. The standard InChI is InChI=1S/C13H11ClN2S/c1-9-15-11-4-2-3-5-12(11)16(9)8-10-6-7-13(14)17-10/h2-7H,8H2,1H3. The van der Waals surface area contributed by atoms with Crippen molar-refractivity contribution in [2.24, 2.45) is 0 Å². The van der Waals surface area contributed by atoms with Crippen LogP contribution < -0.4 is 0 Å².